The Hall–Kier alpha value is -1.42. The lowest BCUT2D eigenvalue weighted by Crippen LogP contribution is -2.35. The van der Waals surface area contributed by atoms with Gasteiger partial charge in [-0.3, -0.25) is 4.99 Å². The molecule has 0 aliphatic rings. The lowest BCUT2D eigenvalue weighted by Gasteiger charge is -2.09. The van der Waals surface area contributed by atoms with Crippen LogP contribution in [0.5, 0.6) is 5.75 Å². The molecule has 5 heteroatoms. The number of para-hydroxylation sites is 1. The second-order valence-corrected chi connectivity index (χ2v) is 4.73. The summed E-state index contributed by atoms with van der Waals surface area (Å²) in [6, 6.07) is 7.37. The number of guanidine groups is 1. The number of ether oxygens (including phenoxy) is 1. The topological polar surface area (TPSA) is 59.6 Å². The minimum absolute atomic E-state index is 0.450. The van der Waals surface area contributed by atoms with E-state index in [9.17, 15) is 0 Å². The molecule has 1 rings (SSSR count). The number of hydrogen-bond acceptors (Lipinski definition) is 2. The van der Waals surface area contributed by atoms with Gasteiger partial charge in [-0.05, 0) is 18.1 Å². The molecule has 0 bridgehead atoms. The third-order valence-electron chi connectivity index (χ3n) is 2.13. The van der Waals surface area contributed by atoms with Gasteiger partial charge < -0.3 is 15.8 Å². The second-order valence-electron chi connectivity index (χ2n) is 4.33. The van der Waals surface area contributed by atoms with E-state index in [1.807, 2.05) is 18.2 Å². The van der Waals surface area contributed by atoms with Gasteiger partial charge in [0.25, 0.3) is 0 Å². The van der Waals surface area contributed by atoms with E-state index in [4.69, 9.17) is 22.1 Å². The van der Waals surface area contributed by atoms with E-state index in [1.54, 1.807) is 6.07 Å². The van der Waals surface area contributed by atoms with E-state index in [0.29, 0.717) is 35.8 Å². The van der Waals surface area contributed by atoms with E-state index in [-0.39, 0.29) is 0 Å². The maximum atomic E-state index is 5.96. The molecule has 0 heterocycles. The fourth-order valence-electron chi connectivity index (χ4n) is 1.24. The van der Waals surface area contributed by atoms with Crippen LogP contribution in [-0.2, 0) is 0 Å². The van der Waals surface area contributed by atoms with Crippen molar-refractivity contribution in [1.29, 1.82) is 0 Å². The smallest absolute Gasteiger partial charge is 0.188 e. The zero-order valence-electron chi connectivity index (χ0n) is 10.8. The van der Waals surface area contributed by atoms with Crippen LogP contribution in [0.4, 0.5) is 0 Å². The standard InChI is InChI=1S/C13H20ClN3O/c1-10(2)9-17-13(15)16-7-8-18-12-6-4-3-5-11(12)14/h3-6,10H,7-9H2,1-2H3,(H3,15,16,17). The van der Waals surface area contributed by atoms with E-state index < -0.39 is 0 Å². The molecule has 0 unspecified atom stereocenters. The van der Waals surface area contributed by atoms with E-state index in [1.165, 1.54) is 0 Å². The highest BCUT2D eigenvalue weighted by Crippen LogP contribution is 2.22. The van der Waals surface area contributed by atoms with Gasteiger partial charge in [-0.2, -0.15) is 0 Å². The SMILES string of the molecule is CC(C)CN=C(N)NCCOc1ccccc1Cl. The molecule has 0 saturated heterocycles. The highest BCUT2D eigenvalue weighted by Gasteiger charge is 1.99. The molecule has 0 aromatic heterocycles. The summed E-state index contributed by atoms with van der Waals surface area (Å²) in [5, 5.41) is 3.60. The molecule has 0 fully saturated rings. The number of rotatable bonds is 6. The molecule has 1 aromatic carbocycles. The Morgan fingerprint density at radius 1 is 1.44 bits per heavy atom. The minimum Gasteiger partial charge on any atom is -0.490 e. The monoisotopic (exact) mass is 269 g/mol. The Morgan fingerprint density at radius 2 is 2.17 bits per heavy atom. The molecule has 4 nitrogen and oxygen atoms in total. The molecule has 0 radical (unpaired) electrons. The Bertz CT molecular complexity index is 394. The lowest BCUT2D eigenvalue weighted by molar-refractivity contribution is 0.322. The second kappa shape index (κ2) is 7.82. The molecule has 0 spiro atoms. The number of nitrogens with zero attached hydrogens (tertiary/aromatic N) is 1. The van der Waals surface area contributed by atoms with Gasteiger partial charge in [0.1, 0.15) is 12.4 Å². The average Bonchev–Trinajstić information content (AvgIpc) is 2.34. The molecule has 0 atom stereocenters. The van der Waals surface area contributed by atoms with Crippen molar-refractivity contribution in [1.82, 2.24) is 5.32 Å². The number of hydrogen-bond donors (Lipinski definition) is 2. The summed E-state index contributed by atoms with van der Waals surface area (Å²) >= 11 is 5.96. The molecular formula is C13H20ClN3O. The Labute approximate surface area is 113 Å². The Balaban J connectivity index is 2.23. The molecule has 0 aliphatic heterocycles. The minimum atomic E-state index is 0.450. The molecule has 1 aromatic rings. The van der Waals surface area contributed by atoms with Crippen LogP contribution in [0, 0.1) is 5.92 Å². The first kappa shape index (κ1) is 14.6. The van der Waals surface area contributed by atoms with Crippen LogP contribution < -0.4 is 15.8 Å². The average molecular weight is 270 g/mol. The van der Waals surface area contributed by atoms with Crippen molar-refractivity contribution < 1.29 is 4.74 Å². The first-order chi connectivity index (χ1) is 8.59. The number of halogens is 1. The van der Waals surface area contributed by atoms with Gasteiger partial charge in [-0.15, -0.1) is 0 Å². The van der Waals surface area contributed by atoms with Crippen molar-refractivity contribution in [2.75, 3.05) is 19.7 Å². The molecule has 100 valence electrons. The quantitative estimate of drug-likeness (QED) is 0.473. The fourth-order valence-corrected chi connectivity index (χ4v) is 1.43. The van der Waals surface area contributed by atoms with Gasteiger partial charge in [0.05, 0.1) is 11.6 Å². The van der Waals surface area contributed by atoms with Crippen molar-refractivity contribution >= 4 is 17.6 Å². The van der Waals surface area contributed by atoms with Gasteiger partial charge in [0.15, 0.2) is 5.96 Å². The maximum Gasteiger partial charge on any atom is 0.188 e. The van der Waals surface area contributed by atoms with Gasteiger partial charge in [0, 0.05) is 6.54 Å². The molecular weight excluding hydrogens is 250 g/mol. The number of nitrogens with two attached hydrogens (primary N) is 1. The molecule has 0 saturated carbocycles. The van der Waals surface area contributed by atoms with Crippen LogP contribution >= 0.6 is 11.6 Å². The first-order valence-corrected chi connectivity index (χ1v) is 6.38. The van der Waals surface area contributed by atoms with Crippen molar-refractivity contribution in [3.8, 4) is 5.75 Å². The number of aliphatic imine (C=N–C) groups is 1. The van der Waals surface area contributed by atoms with E-state index >= 15 is 0 Å². The van der Waals surface area contributed by atoms with Crippen molar-refractivity contribution in [2.45, 2.75) is 13.8 Å². The normalized spacial score (nSPS) is 11.7. The van der Waals surface area contributed by atoms with Crippen LogP contribution in [0.1, 0.15) is 13.8 Å². The van der Waals surface area contributed by atoms with Crippen LogP contribution in [0.25, 0.3) is 0 Å². The summed E-state index contributed by atoms with van der Waals surface area (Å²) in [5.41, 5.74) is 5.69. The fraction of sp³-hybridized carbons (Fsp3) is 0.462. The van der Waals surface area contributed by atoms with Gasteiger partial charge in [-0.25, -0.2) is 0 Å². The Morgan fingerprint density at radius 3 is 2.83 bits per heavy atom. The largest absolute Gasteiger partial charge is 0.490 e. The highest BCUT2D eigenvalue weighted by molar-refractivity contribution is 6.32. The zero-order chi connectivity index (χ0) is 13.4. The van der Waals surface area contributed by atoms with Crippen molar-refractivity contribution in [3.63, 3.8) is 0 Å². The number of benzene rings is 1. The molecule has 18 heavy (non-hydrogen) atoms. The summed E-state index contributed by atoms with van der Waals surface area (Å²) < 4.78 is 5.51. The molecule has 3 N–H and O–H groups in total. The van der Waals surface area contributed by atoms with Crippen LogP contribution in [0.3, 0.4) is 0 Å². The highest BCUT2D eigenvalue weighted by atomic mass is 35.5. The van der Waals surface area contributed by atoms with Crippen molar-refractivity contribution in [2.24, 2.45) is 16.6 Å². The van der Waals surface area contributed by atoms with E-state index in [2.05, 4.69) is 24.2 Å². The molecule has 0 amide bonds. The summed E-state index contributed by atoms with van der Waals surface area (Å²) in [6.45, 7) is 6.00. The van der Waals surface area contributed by atoms with Crippen LogP contribution in [-0.4, -0.2) is 25.7 Å². The summed E-state index contributed by atoms with van der Waals surface area (Å²) in [7, 11) is 0. The summed E-state index contributed by atoms with van der Waals surface area (Å²) in [4.78, 5) is 4.19. The van der Waals surface area contributed by atoms with Gasteiger partial charge in [0.2, 0.25) is 0 Å². The third-order valence-corrected chi connectivity index (χ3v) is 2.44. The van der Waals surface area contributed by atoms with Crippen LogP contribution in [0.15, 0.2) is 29.3 Å². The zero-order valence-corrected chi connectivity index (χ0v) is 11.6. The maximum absolute atomic E-state index is 5.96. The Kier molecular flexibility index (Phi) is 6.36. The molecule has 0 aliphatic carbocycles. The van der Waals surface area contributed by atoms with E-state index in [0.717, 1.165) is 6.54 Å². The predicted octanol–water partition coefficient (Wildman–Crippen LogP) is 2.28. The van der Waals surface area contributed by atoms with Gasteiger partial charge >= 0.3 is 0 Å². The van der Waals surface area contributed by atoms with Crippen LogP contribution in [0.2, 0.25) is 5.02 Å². The summed E-state index contributed by atoms with van der Waals surface area (Å²) in [6.07, 6.45) is 0. The van der Waals surface area contributed by atoms with Gasteiger partial charge in [-0.1, -0.05) is 37.6 Å². The number of nitrogens with one attached hydrogen (secondary N) is 1. The summed E-state index contributed by atoms with van der Waals surface area (Å²) in [5.74, 6) is 1.63. The predicted molar refractivity (Wildman–Crippen MR) is 76.3 cm³/mol. The lowest BCUT2D eigenvalue weighted by atomic mass is 10.2. The van der Waals surface area contributed by atoms with Crippen molar-refractivity contribution in [3.05, 3.63) is 29.3 Å². The third kappa shape index (κ3) is 5.77. The first-order valence-electron chi connectivity index (χ1n) is 6.00.